The predicted octanol–water partition coefficient (Wildman–Crippen LogP) is 3.77. The molecular weight excluding hydrogens is 247 g/mol. The lowest BCUT2D eigenvalue weighted by molar-refractivity contribution is 0.632. The molecule has 1 aromatic carbocycles. The van der Waals surface area contributed by atoms with Gasteiger partial charge in [-0.05, 0) is 18.6 Å². The molecule has 2 rings (SSSR count). The highest BCUT2D eigenvalue weighted by Crippen LogP contribution is 2.27. The van der Waals surface area contributed by atoms with Crippen molar-refractivity contribution in [1.82, 2.24) is 0 Å². The molecule has 16 heavy (non-hydrogen) atoms. The third-order valence-corrected chi connectivity index (χ3v) is 3.93. The molecular formula is C11H12ClFN2S. The van der Waals surface area contributed by atoms with E-state index in [9.17, 15) is 4.39 Å². The summed E-state index contributed by atoms with van der Waals surface area (Å²) in [5, 5.41) is 4.37. The van der Waals surface area contributed by atoms with Crippen LogP contribution in [0.3, 0.4) is 0 Å². The van der Waals surface area contributed by atoms with E-state index >= 15 is 0 Å². The molecule has 0 spiro atoms. The van der Waals surface area contributed by atoms with Crippen LogP contribution >= 0.6 is 23.4 Å². The van der Waals surface area contributed by atoms with Crippen molar-refractivity contribution in [2.45, 2.75) is 18.6 Å². The SMILES string of the molecule is CCC1CN=C(Nc2cccc(Cl)c2F)S1. The summed E-state index contributed by atoms with van der Waals surface area (Å²) >= 11 is 7.34. The van der Waals surface area contributed by atoms with E-state index in [1.165, 1.54) is 6.07 Å². The Morgan fingerprint density at radius 1 is 1.62 bits per heavy atom. The zero-order chi connectivity index (χ0) is 11.5. The molecule has 0 aromatic heterocycles. The number of nitrogens with zero attached hydrogens (tertiary/aromatic N) is 1. The first kappa shape index (κ1) is 11.7. The van der Waals surface area contributed by atoms with Crippen molar-refractivity contribution in [1.29, 1.82) is 0 Å². The number of anilines is 1. The lowest BCUT2D eigenvalue weighted by Gasteiger charge is -2.08. The van der Waals surface area contributed by atoms with Crippen molar-refractivity contribution in [2.75, 3.05) is 11.9 Å². The molecule has 0 saturated heterocycles. The Morgan fingerprint density at radius 2 is 2.44 bits per heavy atom. The molecule has 0 saturated carbocycles. The number of hydrogen-bond donors (Lipinski definition) is 1. The van der Waals surface area contributed by atoms with Gasteiger partial charge in [0, 0.05) is 5.25 Å². The zero-order valence-corrected chi connectivity index (χ0v) is 10.4. The number of rotatable bonds is 2. The van der Waals surface area contributed by atoms with Gasteiger partial charge in [-0.2, -0.15) is 0 Å². The maximum atomic E-state index is 13.6. The number of thioether (sulfide) groups is 1. The molecule has 86 valence electrons. The van der Waals surface area contributed by atoms with E-state index in [1.807, 2.05) is 0 Å². The van der Waals surface area contributed by atoms with Gasteiger partial charge in [0.05, 0.1) is 17.3 Å². The average Bonchev–Trinajstić information content (AvgIpc) is 2.73. The molecule has 1 aliphatic heterocycles. The molecule has 0 bridgehead atoms. The summed E-state index contributed by atoms with van der Waals surface area (Å²) in [4.78, 5) is 4.31. The van der Waals surface area contributed by atoms with E-state index in [0.717, 1.165) is 18.1 Å². The van der Waals surface area contributed by atoms with E-state index in [-0.39, 0.29) is 5.02 Å². The Balaban J connectivity index is 2.08. The summed E-state index contributed by atoms with van der Waals surface area (Å²) < 4.78 is 13.6. The van der Waals surface area contributed by atoms with Crippen molar-refractivity contribution < 1.29 is 4.39 Å². The minimum atomic E-state index is -0.424. The van der Waals surface area contributed by atoms with Crippen LogP contribution in [0, 0.1) is 5.82 Å². The van der Waals surface area contributed by atoms with Gasteiger partial charge in [-0.25, -0.2) is 4.39 Å². The molecule has 0 fully saturated rings. The number of hydrogen-bond acceptors (Lipinski definition) is 3. The van der Waals surface area contributed by atoms with Gasteiger partial charge in [0.25, 0.3) is 0 Å². The number of benzene rings is 1. The number of aliphatic imine (C=N–C) groups is 1. The van der Waals surface area contributed by atoms with Crippen LogP contribution in [0.4, 0.5) is 10.1 Å². The Morgan fingerprint density at radius 3 is 3.12 bits per heavy atom. The first-order chi connectivity index (χ1) is 7.70. The molecule has 1 aromatic rings. The molecule has 1 N–H and O–H groups in total. The van der Waals surface area contributed by atoms with Crippen molar-refractivity contribution in [3.05, 3.63) is 29.0 Å². The molecule has 0 radical (unpaired) electrons. The van der Waals surface area contributed by atoms with Gasteiger partial charge in [0.2, 0.25) is 0 Å². The Labute approximate surface area is 103 Å². The van der Waals surface area contributed by atoms with Gasteiger partial charge in [-0.3, -0.25) is 4.99 Å². The molecule has 2 nitrogen and oxygen atoms in total. The van der Waals surface area contributed by atoms with E-state index < -0.39 is 5.82 Å². The predicted molar refractivity (Wildman–Crippen MR) is 69.0 cm³/mol. The van der Waals surface area contributed by atoms with Crippen LogP contribution in [-0.4, -0.2) is 17.0 Å². The lowest BCUT2D eigenvalue weighted by atomic mass is 10.3. The van der Waals surface area contributed by atoms with Gasteiger partial charge in [-0.15, -0.1) is 0 Å². The minimum absolute atomic E-state index is 0.126. The second-order valence-electron chi connectivity index (χ2n) is 3.52. The lowest BCUT2D eigenvalue weighted by Crippen LogP contribution is -2.08. The Hall–Kier alpha value is -0.740. The van der Waals surface area contributed by atoms with Crippen LogP contribution in [0.1, 0.15) is 13.3 Å². The van der Waals surface area contributed by atoms with Crippen molar-refractivity contribution in [3.8, 4) is 0 Å². The van der Waals surface area contributed by atoms with E-state index in [0.29, 0.717) is 10.9 Å². The van der Waals surface area contributed by atoms with E-state index in [1.54, 1.807) is 23.9 Å². The second kappa shape index (κ2) is 5.06. The second-order valence-corrected chi connectivity index (χ2v) is 5.22. The molecule has 1 atom stereocenters. The number of nitrogens with one attached hydrogen (secondary N) is 1. The normalized spacial score (nSPS) is 19.7. The molecule has 1 aliphatic rings. The first-order valence-electron chi connectivity index (χ1n) is 5.13. The van der Waals surface area contributed by atoms with Crippen LogP contribution in [0.2, 0.25) is 5.02 Å². The van der Waals surface area contributed by atoms with Gasteiger partial charge < -0.3 is 5.32 Å². The number of amidine groups is 1. The van der Waals surface area contributed by atoms with Gasteiger partial charge in [0.1, 0.15) is 0 Å². The molecule has 1 unspecified atom stereocenters. The summed E-state index contributed by atoms with van der Waals surface area (Å²) in [5.41, 5.74) is 0.385. The topological polar surface area (TPSA) is 24.4 Å². The van der Waals surface area contributed by atoms with Crippen molar-refractivity contribution >= 4 is 34.2 Å². The fraction of sp³-hybridized carbons (Fsp3) is 0.364. The summed E-state index contributed by atoms with van der Waals surface area (Å²) in [7, 11) is 0. The largest absolute Gasteiger partial charge is 0.333 e. The Bertz CT molecular complexity index is 422. The minimum Gasteiger partial charge on any atom is -0.333 e. The first-order valence-corrected chi connectivity index (χ1v) is 6.38. The standard InChI is InChI=1S/C11H12ClFN2S/c1-2-7-6-14-11(16-7)15-9-5-3-4-8(12)10(9)13/h3-5,7H,2,6H2,1H3,(H,14,15). The smallest absolute Gasteiger partial charge is 0.165 e. The van der Waals surface area contributed by atoms with Crippen molar-refractivity contribution in [2.24, 2.45) is 4.99 Å². The maximum absolute atomic E-state index is 13.6. The van der Waals surface area contributed by atoms with Gasteiger partial charge >= 0.3 is 0 Å². The summed E-state index contributed by atoms with van der Waals surface area (Å²) in [6.45, 7) is 2.92. The molecule has 1 heterocycles. The van der Waals surface area contributed by atoms with Crippen LogP contribution in [0.5, 0.6) is 0 Å². The van der Waals surface area contributed by atoms with Crippen LogP contribution < -0.4 is 5.32 Å². The summed E-state index contributed by atoms with van der Waals surface area (Å²) in [5.74, 6) is -0.424. The van der Waals surface area contributed by atoms with Crippen molar-refractivity contribution in [3.63, 3.8) is 0 Å². The highest BCUT2D eigenvalue weighted by atomic mass is 35.5. The molecule has 5 heteroatoms. The zero-order valence-electron chi connectivity index (χ0n) is 8.84. The van der Waals surface area contributed by atoms with Gasteiger partial charge in [-0.1, -0.05) is 36.4 Å². The fourth-order valence-electron chi connectivity index (χ4n) is 1.41. The third-order valence-electron chi connectivity index (χ3n) is 2.37. The highest BCUT2D eigenvalue weighted by molar-refractivity contribution is 8.15. The van der Waals surface area contributed by atoms with E-state index in [4.69, 9.17) is 11.6 Å². The number of halogens is 2. The van der Waals surface area contributed by atoms with Crippen LogP contribution in [0.15, 0.2) is 23.2 Å². The quantitative estimate of drug-likeness (QED) is 0.873. The summed E-state index contributed by atoms with van der Waals surface area (Å²) in [6, 6.07) is 4.90. The van der Waals surface area contributed by atoms with Crippen LogP contribution in [0.25, 0.3) is 0 Å². The average molecular weight is 259 g/mol. The maximum Gasteiger partial charge on any atom is 0.165 e. The molecule has 0 aliphatic carbocycles. The van der Waals surface area contributed by atoms with Crippen LogP contribution in [-0.2, 0) is 0 Å². The third kappa shape index (κ3) is 2.50. The van der Waals surface area contributed by atoms with Gasteiger partial charge in [0.15, 0.2) is 11.0 Å². The summed E-state index contributed by atoms with van der Waals surface area (Å²) in [6.07, 6.45) is 1.07. The fourth-order valence-corrected chi connectivity index (χ4v) is 2.54. The molecule has 0 amide bonds. The Kier molecular flexibility index (Phi) is 3.71. The highest BCUT2D eigenvalue weighted by Gasteiger charge is 2.18. The van der Waals surface area contributed by atoms with E-state index in [2.05, 4.69) is 17.2 Å². The monoisotopic (exact) mass is 258 g/mol.